The van der Waals surface area contributed by atoms with Crippen molar-refractivity contribution in [3.05, 3.63) is 48.0 Å². The number of piperidine rings is 1. The van der Waals surface area contributed by atoms with Gasteiger partial charge in [0.1, 0.15) is 6.04 Å². The van der Waals surface area contributed by atoms with Crippen LogP contribution < -0.4 is 10.6 Å². The predicted molar refractivity (Wildman–Crippen MR) is 152 cm³/mol. The molecule has 206 valence electrons. The molecule has 0 aromatic heterocycles. The molecule has 2 aliphatic rings. The van der Waals surface area contributed by atoms with Crippen LogP contribution in [0.2, 0.25) is 0 Å². The Hall–Kier alpha value is -2.62. The number of hydrogen-bond acceptors (Lipinski definition) is 6. The van der Waals surface area contributed by atoms with Crippen molar-refractivity contribution in [1.29, 1.82) is 0 Å². The molecule has 9 heteroatoms. The van der Waals surface area contributed by atoms with Crippen LogP contribution >= 0.6 is 11.8 Å². The van der Waals surface area contributed by atoms with Gasteiger partial charge in [0.25, 0.3) is 0 Å². The lowest BCUT2D eigenvalue weighted by Crippen LogP contribution is -2.50. The van der Waals surface area contributed by atoms with E-state index in [9.17, 15) is 19.5 Å². The fraction of sp³-hybridized carbons (Fsp3) is 0.552. The Labute approximate surface area is 229 Å². The summed E-state index contributed by atoms with van der Waals surface area (Å²) >= 11 is 1.56. The molecule has 2 saturated heterocycles. The molecule has 8 nitrogen and oxygen atoms in total. The molecule has 38 heavy (non-hydrogen) atoms. The first kappa shape index (κ1) is 28.4. The number of fused-ring (bicyclic) bond motifs is 1. The fourth-order valence-electron chi connectivity index (χ4n) is 5.70. The normalized spacial score (nSPS) is 20.5. The third-order valence-corrected chi connectivity index (χ3v) is 8.30. The third kappa shape index (κ3) is 7.48. The van der Waals surface area contributed by atoms with Crippen LogP contribution in [0.25, 0.3) is 10.8 Å². The van der Waals surface area contributed by atoms with E-state index in [0.717, 1.165) is 61.7 Å². The summed E-state index contributed by atoms with van der Waals surface area (Å²) in [6.45, 7) is 3.65. The Morgan fingerprint density at radius 1 is 1.16 bits per heavy atom. The van der Waals surface area contributed by atoms with Crippen molar-refractivity contribution in [3.63, 3.8) is 0 Å². The van der Waals surface area contributed by atoms with E-state index in [4.69, 9.17) is 0 Å². The summed E-state index contributed by atoms with van der Waals surface area (Å²) in [6, 6.07) is 13.5. The molecule has 0 aliphatic carbocycles. The van der Waals surface area contributed by atoms with Crippen molar-refractivity contribution in [2.24, 2.45) is 5.92 Å². The summed E-state index contributed by atoms with van der Waals surface area (Å²) in [5.41, 5.74) is 1.11. The summed E-state index contributed by atoms with van der Waals surface area (Å²) < 4.78 is 0. The van der Waals surface area contributed by atoms with Gasteiger partial charge in [0.15, 0.2) is 0 Å². The molecule has 2 fully saturated rings. The number of likely N-dealkylation sites (tertiary alicyclic amines) is 1. The van der Waals surface area contributed by atoms with Crippen molar-refractivity contribution in [3.8, 4) is 0 Å². The number of aliphatic carboxylic acids is 1. The van der Waals surface area contributed by atoms with Crippen molar-refractivity contribution in [2.75, 3.05) is 44.7 Å². The van der Waals surface area contributed by atoms with Crippen LogP contribution in [0.4, 0.5) is 0 Å². The van der Waals surface area contributed by atoms with Gasteiger partial charge in [-0.15, -0.1) is 0 Å². The summed E-state index contributed by atoms with van der Waals surface area (Å²) in [7, 11) is 0. The quantitative estimate of drug-likeness (QED) is 0.381. The maximum absolute atomic E-state index is 13.4. The second-order valence-electron chi connectivity index (χ2n) is 10.4. The van der Waals surface area contributed by atoms with Crippen molar-refractivity contribution in [1.82, 2.24) is 20.4 Å². The number of benzene rings is 2. The topological polar surface area (TPSA) is 102 Å². The molecule has 2 amide bonds. The third-order valence-electron chi connectivity index (χ3n) is 7.66. The lowest BCUT2D eigenvalue weighted by molar-refractivity contribution is -0.142. The zero-order valence-corrected chi connectivity index (χ0v) is 23.0. The first-order valence-corrected chi connectivity index (χ1v) is 15.1. The minimum Gasteiger partial charge on any atom is -0.480 e. The summed E-state index contributed by atoms with van der Waals surface area (Å²) in [5.74, 6) is -0.413. The number of hydrogen-bond donors (Lipinski definition) is 3. The Morgan fingerprint density at radius 3 is 2.74 bits per heavy atom. The molecular formula is C29H40N4O4S. The number of nitrogens with one attached hydrogen (secondary N) is 2. The summed E-state index contributed by atoms with van der Waals surface area (Å²) in [5, 5.41) is 18.0. The molecule has 0 bridgehead atoms. The Morgan fingerprint density at radius 2 is 1.97 bits per heavy atom. The molecule has 2 unspecified atom stereocenters. The predicted octanol–water partition coefficient (Wildman–Crippen LogP) is 2.95. The Kier molecular flexibility index (Phi) is 10.4. The average Bonchev–Trinajstić information content (AvgIpc) is 3.39. The number of carbonyl (C=O) groups is 3. The van der Waals surface area contributed by atoms with Gasteiger partial charge < -0.3 is 20.6 Å². The van der Waals surface area contributed by atoms with E-state index in [1.807, 2.05) is 29.4 Å². The minimum atomic E-state index is -1.01. The average molecular weight is 541 g/mol. The van der Waals surface area contributed by atoms with E-state index in [2.05, 4.69) is 39.8 Å². The Bertz CT molecular complexity index is 1100. The van der Waals surface area contributed by atoms with Gasteiger partial charge in [-0.3, -0.25) is 14.5 Å². The van der Waals surface area contributed by atoms with Gasteiger partial charge in [-0.25, -0.2) is 4.79 Å². The molecule has 2 aliphatic heterocycles. The van der Waals surface area contributed by atoms with E-state index in [0.29, 0.717) is 25.3 Å². The second kappa shape index (κ2) is 14.0. The van der Waals surface area contributed by atoms with E-state index in [-0.39, 0.29) is 30.3 Å². The zero-order valence-electron chi connectivity index (χ0n) is 22.2. The van der Waals surface area contributed by atoms with E-state index in [1.54, 1.807) is 11.8 Å². The largest absolute Gasteiger partial charge is 0.480 e. The van der Waals surface area contributed by atoms with E-state index in [1.165, 1.54) is 0 Å². The van der Waals surface area contributed by atoms with Crippen LogP contribution in [-0.2, 0) is 20.9 Å². The number of carbonyl (C=O) groups excluding carboxylic acids is 2. The molecular weight excluding hydrogens is 500 g/mol. The summed E-state index contributed by atoms with van der Waals surface area (Å²) in [4.78, 5) is 42.3. The monoisotopic (exact) mass is 540 g/mol. The van der Waals surface area contributed by atoms with Crippen LogP contribution in [-0.4, -0.2) is 89.5 Å². The van der Waals surface area contributed by atoms with E-state index < -0.39 is 12.0 Å². The molecule has 0 radical (unpaired) electrons. The van der Waals surface area contributed by atoms with Crippen LogP contribution in [0.1, 0.15) is 37.7 Å². The molecule has 0 spiro atoms. The summed E-state index contributed by atoms with van der Waals surface area (Å²) in [6.07, 6.45) is 6.11. The number of nitrogens with zero attached hydrogens (tertiary/aromatic N) is 2. The van der Waals surface area contributed by atoms with Crippen LogP contribution in [0.15, 0.2) is 42.5 Å². The van der Waals surface area contributed by atoms with Gasteiger partial charge >= 0.3 is 5.97 Å². The minimum absolute atomic E-state index is 0.0203. The van der Waals surface area contributed by atoms with Gasteiger partial charge in [-0.1, -0.05) is 42.5 Å². The highest BCUT2D eigenvalue weighted by atomic mass is 32.2. The molecule has 3 atom stereocenters. The van der Waals surface area contributed by atoms with Gasteiger partial charge in [0.05, 0.1) is 12.5 Å². The standard InChI is InChI=1S/C29H40N4O4S/c1-38-16-13-26(29(36)37)31-27(34)20-32(18-23-9-4-8-21-7-2-3-12-25(21)23)19-24-11-6-15-33(24)28(35)22-10-5-14-30-17-22/h2-4,7-9,12,22,24,26,30H,5-6,10-11,13-20H2,1H3,(H,31,34)(H,36,37)/t22?,24-,26?/m0/s1. The highest BCUT2D eigenvalue weighted by Gasteiger charge is 2.35. The van der Waals surface area contributed by atoms with Gasteiger partial charge in [0.2, 0.25) is 11.8 Å². The van der Waals surface area contributed by atoms with Gasteiger partial charge in [-0.2, -0.15) is 11.8 Å². The second-order valence-corrected chi connectivity index (χ2v) is 11.4. The smallest absolute Gasteiger partial charge is 0.326 e. The van der Waals surface area contributed by atoms with Gasteiger partial charge in [-0.05, 0) is 67.0 Å². The SMILES string of the molecule is CSCCC(NC(=O)CN(Cc1cccc2ccccc12)C[C@@H]1CCCN1C(=O)C1CCCNC1)C(=O)O. The molecule has 2 heterocycles. The van der Waals surface area contributed by atoms with Crippen molar-refractivity contribution in [2.45, 2.75) is 50.7 Å². The number of rotatable bonds is 12. The van der Waals surface area contributed by atoms with E-state index >= 15 is 0 Å². The van der Waals surface area contributed by atoms with Crippen LogP contribution in [0, 0.1) is 5.92 Å². The van der Waals surface area contributed by atoms with Gasteiger partial charge in [0, 0.05) is 32.2 Å². The molecule has 0 saturated carbocycles. The molecule has 3 N–H and O–H groups in total. The maximum Gasteiger partial charge on any atom is 0.326 e. The fourth-order valence-corrected chi connectivity index (χ4v) is 6.17. The number of amides is 2. The lowest BCUT2D eigenvalue weighted by atomic mass is 9.97. The van der Waals surface area contributed by atoms with Crippen molar-refractivity contribution < 1.29 is 19.5 Å². The number of carboxylic acids is 1. The first-order chi connectivity index (χ1) is 18.5. The molecule has 2 aromatic rings. The highest BCUT2D eigenvalue weighted by molar-refractivity contribution is 7.98. The molecule has 2 aromatic carbocycles. The molecule has 4 rings (SSSR count). The maximum atomic E-state index is 13.4. The zero-order chi connectivity index (χ0) is 26.9. The number of thioether (sulfide) groups is 1. The number of carboxylic acid groups (broad SMARTS) is 1. The van der Waals surface area contributed by atoms with Crippen LogP contribution in [0.5, 0.6) is 0 Å². The van der Waals surface area contributed by atoms with Crippen molar-refractivity contribution >= 4 is 40.3 Å². The first-order valence-electron chi connectivity index (χ1n) is 13.7. The lowest BCUT2D eigenvalue weighted by Gasteiger charge is -2.34. The van der Waals surface area contributed by atoms with Crippen LogP contribution in [0.3, 0.4) is 0 Å². The Balaban J connectivity index is 1.51. The highest BCUT2D eigenvalue weighted by Crippen LogP contribution is 2.25.